The maximum Gasteiger partial charge on any atom is 0.237 e. The normalized spacial score (nSPS) is 10.8. The summed E-state index contributed by atoms with van der Waals surface area (Å²) in [5, 5.41) is 4.52. The van der Waals surface area contributed by atoms with Crippen LogP contribution in [0.2, 0.25) is 0 Å². The Morgan fingerprint density at radius 3 is 2.89 bits per heavy atom. The topological polar surface area (TPSA) is 90.7 Å². The molecule has 2 aromatic heterocycles. The van der Waals surface area contributed by atoms with Crippen molar-refractivity contribution in [3.8, 4) is 0 Å². The molecule has 96 valence electrons. The molecule has 0 aliphatic carbocycles. The van der Waals surface area contributed by atoms with Crippen LogP contribution in [0.15, 0.2) is 15.7 Å². The Kier molecular flexibility index (Phi) is 4.14. The Hall–Kier alpha value is -1.63. The molecule has 0 spiro atoms. The van der Waals surface area contributed by atoms with E-state index in [2.05, 4.69) is 27.0 Å². The summed E-state index contributed by atoms with van der Waals surface area (Å²) in [6, 6.07) is 1.73. The molecule has 0 amide bonds. The number of nitrogens with two attached hydrogens (primary N) is 1. The number of aromatic nitrogens is 4. The molecule has 2 aromatic rings. The lowest BCUT2D eigenvalue weighted by Crippen LogP contribution is -1.96. The summed E-state index contributed by atoms with van der Waals surface area (Å²) < 4.78 is 5.13. The van der Waals surface area contributed by atoms with Gasteiger partial charge in [-0.1, -0.05) is 23.8 Å². The first-order valence-electron chi connectivity index (χ1n) is 5.72. The highest BCUT2D eigenvalue weighted by molar-refractivity contribution is 7.98. The van der Waals surface area contributed by atoms with Crippen molar-refractivity contribution in [1.29, 1.82) is 0 Å². The first-order valence-corrected chi connectivity index (χ1v) is 6.71. The third-order valence-electron chi connectivity index (χ3n) is 2.16. The average molecular weight is 265 g/mol. The summed E-state index contributed by atoms with van der Waals surface area (Å²) in [7, 11) is 0. The summed E-state index contributed by atoms with van der Waals surface area (Å²) in [4.78, 5) is 12.7. The molecule has 18 heavy (non-hydrogen) atoms. The zero-order valence-corrected chi connectivity index (χ0v) is 11.2. The highest BCUT2D eigenvalue weighted by Gasteiger charge is 2.08. The van der Waals surface area contributed by atoms with E-state index in [9.17, 15) is 0 Å². The molecule has 0 atom stereocenters. The van der Waals surface area contributed by atoms with Gasteiger partial charge in [-0.25, -0.2) is 9.97 Å². The number of thioether (sulfide) groups is 1. The Bertz CT molecular complexity index is 508. The fourth-order valence-electron chi connectivity index (χ4n) is 1.43. The Balaban J connectivity index is 1.97. The molecule has 0 saturated heterocycles. The largest absolute Gasteiger partial charge is 0.384 e. The van der Waals surface area contributed by atoms with Gasteiger partial charge in [0.25, 0.3) is 0 Å². The lowest BCUT2D eigenvalue weighted by molar-refractivity contribution is 0.384. The van der Waals surface area contributed by atoms with Crippen molar-refractivity contribution in [3.05, 3.63) is 23.5 Å². The molecular weight excluding hydrogens is 250 g/mol. The summed E-state index contributed by atoms with van der Waals surface area (Å²) in [5.74, 6) is 2.37. The molecule has 0 aromatic carbocycles. The third kappa shape index (κ3) is 3.43. The van der Waals surface area contributed by atoms with Crippen molar-refractivity contribution in [2.24, 2.45) is 0 Å². The van der Waals surface area contributed by atoms with Gasteiger partial charge in [-0.2, -0.15) is 4.98 Å². The maximum atomic E-state index is 5.66. The molecule has 0 bridgehead atoms. The predicted octanol–water partition coefficient (Wildman–Crippen LogP) is 2.00. The number of aryl methyl sites for hydroxylation is 2. The molecule has 2 heterocycles. The minimum absolute atomic E-state index is 0.474. The van der Waals surface area contributed by atoms with E-state index in [1.54, 1.807) is 6.07 Å². The van der Waals surface area contributed by atoms with Gasteiger partial charge in [-0.05, 0) is 13.3 Å². The van der Waals surface area contributed by atoms with Crippen molar-refractivity contribution in [3.63, 3.8) is 0 Å². The first-order chi connectivity index (χ1) is 8.67. The van der Waals surface area contributed by atoms with Gasteiger partial charge in [0.1, 0.15) is 5.82 Å². The number of anilines is 1. The smallest absolute Gasteiger partial charge is 0.237 e. The number of hydrogen-bond donors (Lipinski definition) is 1. The molecule has 0 fully saturated rings. The third-order valence-corrected chi connectivity index (χ3v) is 2.99. The minimum atomic E-state index is 0.474. The van der Waals surface area contributed by atoms with E-state index >= 15 is 0 Å². The van der Waals surface area contributed by atoms with Crippen LogP contribution >= 0.6 is 11.8 Å². The first kappa shape index (κ1) is 12.8. The predicted molar refractivity (Wildman–Crippen MR) is 69.0 cm³/mol. The van der Waals surface area contributed by atoms with Crippen molar-refractivity contribution in [2.75, 3.05) is 5.73 Å². The highest BCUT2D eigenvalue weighted by atomic mass is 32.2. The number of nitrogen functional groups attached to an aromatic ring is 1. The van der Waals surface area contributed by atoms with Crippen LogP contribution in [-0.4, -0.2) is 20.1 Å². The second-order valence-electron chi connectivity index (χ2n) is 3.86. The summed E-state index contributed by atoms with van der Waals surface area (Å²) in [5.41, 5.74) is 6.51. The summed E-state index contributed by atoms with van der Waals surface area (Å²) in [6.45, 7) is 3.96. The van der Waals surface area contributed by atoms with Crippen LogP contribution in [0.5, 0.6) is 0 Å². The standard InChI is InChI=1S/C11H15N5OS/c1-3-4-9-15-10(17-16-9)6-18-11-13-7(2)5-8(12)14-11/h5H,3-4,6H2,1-2H3,(H2,12,13,14). The number of rotatable bonds is 5. The molecule has 0 radical (unpaired) electrons. The van der Waals surface area contributed by atoms with Gasteiger partial charge in [-0.15, -0.1) is 0 Å². The Labute approximate surface area is 109 Å². The molecule has 0 saturated carbocycles. The van der Waals surface area contributed by atoms with E-state index in [1.165, 1.54) is 11.8 Å². The van der Waals surface area contributed by atoms with Crippen molar-refractivity contribution >= 4 is 17.6 Å². The van der Waals surface area contributed by atoms with E-state index in [1.807, 2.05) is 6.92 Å². The van der Waals surface area contributed by atoms with E-state index in [4.69, 9.17) is 10.3 Å². The molecule has 0 aliphatic heterocycles. The zero-order chi connectivity index (χ0) is 13.0. The van der Waals surface area contributed by atoms with E-state index in [-0.39, 0.29) is 0 Å². The fraction of sp³-hybridized carbons (Fsp3) is 0.455. The van der Waals surface area contributed by atoms with Crippen molar-refractivity contribution in [1.82, 2.24) is 20.1 Å². The summed E-state index contributed by atoms with van der Waals surface area (Å²) >= 11 is 1.43. The van der Waals surface area contributed by atoms with Crippen LogP contribution in [0.4, 0.5) is 5.82 Å². The number of nitrogens with zero attached hydrogens (tertiary/aromatic N) is 4. The highest BCUT2D eigenvalue weighted by Crippen LogP contribution is 2.19. The van der Waals surface area contributed by atoms with Gasteiger partial charge in [0.05, 0.1) is 5.75 Å². The van der Waals surface area contributed by atoms with Crippen LogP contribution in [0.25, 0.3) is 0 Å². The van der Waals surface area contributed by atoms with Gasteiger partial charge in [0.15, 0.2) is 11.0 Å². The summed E-state index contributed by atoms with van der Waals surface area (Å²) in [6.07, 6.45) is 1.84. The van der Waals surface area contributed by atoms with Crippen molar-refractivity contribution in [2.45, 2.75) is 37.6 Å². The van der Waals surface area contributed by atoms with Gasteiger partial charge >= 0.3 is 0 Å². The van der Waals surface area contributed by atoms with E-state index in [0.29, 0.717) is 22.6 Å². The monoisotopic (exact) mass is 265 g/mol. The van der Waals surface area contributed by atoms with Crippen molar-refractivity contribution < 1.29 is 4.52 Å². The number of hydrogen-bond acceptors (Lipinski definition) is 7. The quantitative estimate of drug-likeness (QED) is 0.653. The Morgan fingerprint density at radius 2 is 2.17 bits per heavy atom. The molecule has 2 N–H and O–H groups in total. The van der Waals surface area contributed by atoms with Gasteiger partial charge in [0, 0.05) is 18.2 Å². The molecule has 0 unspecified atom stereocenters. The lowest BCUT2D eigenvalue weighted by atomic mass is 10.3. The van der Waals surface area contributed by atoms with Crippen LogP contribution in [-0.2, 0) is 12.2 Å². The molecule has 2 rings (SSSR count). The average Bonchev–Trinajstić information content (AvgIpc) is 2.74. The lowest BCUT2D eigenvalue weighted by Gasteiger charge is -2.00. The van der Waals surface area contributed by atoms with Gasteiger partial charge in [-0.3, -0.25) is 0 Å². The van der Waals surface area contributed by atoms with Crippen LogP contribution in [0, 0.1) is 6.92 Å². The Morgan fingerprint density at radius 1 is 1.33 bits per heavy atom. The molecule has 0 aliphatic rings. The van der Waals surface area contributed by atoms with E-state index < -0.39 is 0 Å². The van der Waals surface area contributed by atoms with Gasteiger partial charge < -0.3 is 10.3 Å². The molecule has 7 heteroatoms. The van der Waals surface area contributed by atoms with E-state index in [0.717, 1.165) is 24.4 Å². The fourth-order valence-corrected chi connectivity index (χ4v) is 2.18. The van der Waals surface area contributed by atoms with Crippen LogP contribution in [0.1, 0.15) is 30.8 Å². The van der Waals surface area contributed by atoms with Crippen LogP contribution in [0.3, 0.4) is 0 Å². The minimum Gasteiger partial charge on any atom is -0.384 e. The zero-order valence-electron chi connectivity index (χ0n) is 10.4. The van der Waals surface area contributed by atoms with Crippen LogP contribution < -0.4 is 5.73 Å². The SMILES string of the molecule is CCCc1noc(CSc2nc(C)cc(N)n2)n1. The maximum absolute atomic E-state index is 5.66. The second kappa shape index (κ2) is 5.81. The molecule has 6 nitrogen and oxygen atoms in total. The van der Waals surface area contributed by atoms with Gasteiger partial charge in [0.2, 0.25) is 5.89 Å². The molecular formula is C11H15N5OS. The second-order valence-corrected chi connectivity index (χ2v) is 4.80.